The summed E-state index contributed by atoms with van der Waals surface area (Å²) in [6.07, 6.45) is -0.0942. The molecule has 0 radical (unpaired) electrons. The minimum Gasteiger partial charge on any atom is -0.463 e. The summed E-state index contributed by atoms with van der Waals surface area (Å²) in [5.41, 5.74) is -0.194. The van der Waals surface area contributed by atoms with E-state index in [-0.39, 0.29) is 29.3 Å². The Morgan fingerprint density at radius 2 is 2.08 bits per heavy atom. The maximum absolute atomic E-state index is 11.4. The quantitative estimate of drug-likeness (QED) is 0.609. The Morgan fingerprint density at radius 3 is 2.38 bits per heavy atom. The van der Waals surface area contributed by atoms with Crippen molar-refractivity contribution in [1.82, 2.24) is 0 Å². The van der Waals surface area contributed by atoms with Gasteiger partial charge in [-0.05, 0) is 19.3 Å². The lowest BCUT2D eigenvalue weighted by Gasteiger charge is -2.07. The van der Waals surface area contributed by atoms with Gasteiger partial charge < -0.3 is 4.74 Å². The molecule has 0 N–H and O–H groups in total. The maximum Gasteiger partial charge on any atom is 0.311 e. The van der Waals surface area contributed by atoms with E-state index in [9.17, 15) is 4.79 Å². The Morgan fingerprint density at radius 1 is 1.54 bits per heavy atom. The molecule has 1 aliphatic rings. The molecule has 1 fully saturated rings. The lowest BCUT2D eigenvalue weighted by Crippen LogP contribution is -2.15. The van der Waals surface area contributed by atoms with Gasteiger partial charge in [0.2, 0.25) is 0 Å². The predicted octanol–water partition coefficient (Wildman–Crippen LogP) is 1.73. The van der Waals surface area contributed by atoms with Crippen LogP contribution >= 0.6 is 0 Å². The molecule has 1 aliphatic carbocycles. The molecule has 0 aliphatic heterocycles. The molecule has 0 bridgehead atoms. The maximum atomic E-state index is 11.4. The Hall–Kier alpha value is -1.04. The number of hydrogen-bond acceptors (Lipinski definition) is 3. The minimum absolute atomic E-state index is 0.0942. The Labute approximate surface area is 78.7 Å². The molecule has 0 heterocycles. The minimum atomic E-state index is -0.230. The molecule has 72 valence electrons. The summed E-state index contributed by atoms with van der Waals surface area (Å²) in [7, 11) is 0. The first kappa shape index (κ1) is 10.0. The molecule has 0 aromatic rings. The van der Waals surface area contributed by atoms with Crippen LogP contribution in [0.5, 0.6) is 0 Å². The van der Waals surface area contributed by atoms with Gasteiger partial charge in [-0.15, -0.1) is 0 Å². The second kappa shape index (κ2) is 3.02. The Bertz CT molecular complexity index is 263. The van der Waals surface area contributed by atoms with Crippen LogP contribution < -0.4 is 0 Å². The molecule has 3 nitrogen and oxygen atoms in total. The Balaban J connectivity index is 2.58. The average Bonchev–Trinajstić information content (AvgIpc) is 2.51. The number of rotatable bonds is 2. The van der Waals surface area contributed by atoms with Gasteiger partial charge in [-0.1, -0.05) is 13.8 Å². The van der Waals surface area contributed by atoms with Gasteiger partial charge in [0.1, 0.15) is 0 Å². The number of nitriles is 1. The molecular weight excluding hydrogens is 166 g/mol. The highest BCUT2D eigenvalue weighted by Gasteiger charge is 2.63. The highest BCUT2D eigenvalue weighted by atomic mass is 16.5. The summed E-state index contributed by atoms with van der Waals surface area (Å²) in [6, 6.07) is 2.13. The lowest BCUT2D eigenvalue weighted by atomic mass is 10.1. The van der Waals surface area contributed by atoms with E-state index < -0.39 is 0 Å². The van der Waals surface area contributed by atoms with E-state index in [0.717, 1.165) is 0 Å². The molecule has 3 heteroatoms. The third-order valence-corrected chi connectivity index (χ3v) is 2.57. The van der Waals surface area contributed by atoms with Crippen molar-refractivity contribution in [3.63, 3.8) is 0 Å². The first-order valence-electron chi connectivity index (χ1n) is 4.51. The summed E-state index contributed by atoms with van der Waals surface area (Å²) < 4.78 is 5.05. The van der Waals surface area contributed by atoms with Crippen molar-refractivity contribution in [2.45, 2.75) is 33.8 Å². The largest absolute Gasteiger partial charge is 0.463 e. The molecule has 1 saturated carbocycles. The van der Waals surface area contributed by atoms with Crippen molar-refractivity contribution in [2.75, 3.05) is 0 Å². The topological polar surface area (TPSA) is 50.1 Å². The van der Waals surface area contributed by atoms with Crippen molar-refractivity contribution in [2.24, 2.45) is 17.3 Å². The molecule has 2 atom stereocenters. The number of nitrogens with zero attached hydrogens (tertiary/aromatic N) is 1. The van der Waals surface area contributed by atoms with Crippen LogP contribution in [0.25, 0.3) is 0 Å². The van der Waals surface area contributed by atoms with E-state index in [0.29, 0.717) is 0 Å². The zero-order valence-electron chi connectivity index (χ0n) is 8.50. The lowest BCUT2D eigenvalue weighted by molar-refractivity contribution is -0.150. The second-order valence-electron chi connectivity index (χ2n) is 4.39. The summed E-state index contributed by atoms with van der Waals surface area (Å²) in [6.45, 7) is 7.48. The fourth-order valence-electron chi connectivity index (χ4n) is 1.62. The first-order valence-corrected chi connectivity index (χ1v) is 4.51. The number of carbonyl (C=O) groups excluding carboxylic acids is 1. The summed E-state index contributed by atoms with van der Waals surface area (Å²) >= 11 is 0. The van der Waals surface area contributed by atoms with Crippen molar-refractivity contribution >= 4 is 5.97 Å². The second-order valence-corrected chi connectivity index (χ2v) is 4.39. The van der Waals surface area contributed by atoms with Gasteiger partial charge in [0.15, 0.2) is 0 Å². The highest BCUT2D eigenvalue weighted by Crippen LogP contribution is 2.58. The molecular formula is C10H15NO2. The molecule has 0 aromatic carbocycles. The molecule has 0 amide bonds. The third kappa shape index (κ3) is 1.67. The molecule has 13 heavy (non-hydrogen) atoms. The zero-order chi connectivity index (χ0) is 10.2. The van der Waals surface area contributed by atoms with Crippen LogP contribution in [0.15, 0.2) is 0 Å². The molecule has 0 spiro atoms. The molecule has 0 saturated heterocycles. The average molecular weight is 181 g/mol. The molecule has 0 aromatic heterocycles. The summed E-state index contributed by atoms with van der Waals surface area (Å²) in [5, 5.41) is 8.74. The van der Waals surface area contributed by atoms with Crippen LogP contribution in [-0.4, -0.2) is 12.1 Å². The van der Waals surface area contributed by atoms with Crippen LogP contribution in [0.1, 0.15) is 27.7 Å². The van der Waals surface area contributed by atoms with Crippen molar-refractivity contribution in [3.8, 4) is 6.07 Å². The number of ether oxygens (including phenoxy) is 1. The van der Waals surface area contributed by atoms with Crippen LogP contribution in [0.3, 0.4) is 0 Å². The van der Waals surface area contributed by atoms with Gasteiger partial charge in [-0.25, -0.2) is 0 Å². The van der Waals surface area contributed by atoms with E-state index >= 15 is 0 Å². The SMILES string of the molecule is CC(C)OC(=O)C1C(C#N)C1(C)C. The molecule has 1 rings (SSSR count). The summed E-state index contributed by atoms with van der Waals surface area (Å²) in [5.74, 6) is -0.620. The fourth-order valence-corrected chi connectivity index (χ4v) is 1.62. The van der Waals surface area contributed by atoms with E-state index in [4.69, 9.17) is 10.00 Å². The Kier molecular flexibility index (Phi) is 2.34. The molecule has 2 unspecified atom stereocenters. The number of esters is 1. The van der Waals surface area contributed by atoms with Gasteiger partial charge in [-0.2, -0.15) is 5.26 Å². The predicted molar refractivity (Wildman–Crippen MR) is 47.6 cm³/mol. The summed E-state index contributed by atoms with van der Waals surface area (Å²) in [4.78, 5) is 11.4. The van der Waals surface area contributed by atoms with Gasteiger partial charge in [-0.3, -0.25) is 4.79 Å². The van der Waals surface area contributed by atoms with E-state index in [2.05, 4.69) is 6.07 Å². The first-order chi connectivity index (χ1) is 5.91. The standard InChI is InChI=1S/C10H15NO2/c1-6(2)13-9(12)8-7(5-11)10(8,3)4/h6-8H,1-4H3. The third-order valence-electron chi connectivity index (χ3n) is 2.57. The number of hydrogen-bond donors (Lipinski definition) is 0. The van der Waals surface area contributed by atoms with Gasteiger partial charge in [0.25, 0.3) is 0 Å². The highest BCUT2D eigenvalue weighted by molar-refractivity contribution is 5.78. The zero-order valence-corrected chi connectivity index (χ0v) is 8.50. The van der Waals surface area contributed by atoms with Crippen LogP contribution in [-0.2, 0) is 9.53 Å². The smallest absolute Gasteiger partial charge is 0.311 e. The number of carbonyl (C=O) groups is 1. The fraction of sp³-hybridized carbons (Fsp3) is 0.800. The van der Waals surface area contributed by atoms with Crippen molar-refractivity contribution in [3.05, 3.63) is 0 Å². The van der Waals surface area contributed by atoms with E-state index in [1.807, 2.05) is 27.7 Å². The monoisotopic (exact) mass is 181 g/mol. The van der Waals surface area contributed by atoms with E-state index in [1.54, 1.807) is 0 Å². The van der Waals surface area contributed by atoms with Gasteiger partial charge >= 0.3 is 5.97 Å². The van der Waals surface area contributed by atoms with E-state index in [1.165, 1.54) is 0 Å². The van der Waals surface area contributed by atoms with Crippen molar-refractivity contribution in [1.29, 1.82) is 5.26 Å². The van der Waals surface area contributed by atoms with Gasteiger partial charge in [0, 0.05) is 0 Å². The van der Waals surface area contributed by atoms with Crippen LogP contribution in [0.4, 0.5) is 0 Å². The van der Waals surface area contributed by atoms with Gasteiger partial charge in [0.05, 0.1) is 24.0 Å². The van der Waals surface area contributed by atoms with Crippen molar-refractivity contribution < 1.29 is 9.53 Å². The normalized spacial score (nSPS) is 29.5. The van der Waals surface area contributed by atoms with Crippen LogP contribution in [0, 0.1) is 28.6 Å². The van der Waals surface area contributed by atoms with Crippen LogP contribution in [0.2, 0.25) is 0 Å².